The molecule has 2 rings (SSSR count). The van der Waals surface area contributed by atoms with E-state index in [0.29, 0.717) is 18.8 Å². The first-order valence-electron chi connectivity index (χ1n) is 7.83. The molecule has 1 saturated heterocycles. The van der Waals surface area contributed by atoms with Crippen molar-refractivity contribution in [2.45, 2.75) is 38.7 Å². The molecule has 1 aliphatic heterocycles. The quantitative estimate of drug-likeness (QED) is 0.846. The topological polar surface area (TPSA) is 77.5 Å². The zero-order chi connectivity index (χ0) is 17.1. The molecule has 0 aliphatic carbocycles. The van der Waals surface area contributed by atoms with Gasteiger partial charge in [-0.2, -0.15) is 0 Å². The Hall–Kier alpha value is -1.95. The molecule has 1 aromatic rings. The van der Waals surface area contributed by atoms with Crippen LogP contribution in [0, 0.1) is 5.92 Å². The zero-order valence-corrected chi connectivity index (χ0v) is 14.1. The normalized spacial score (nSPS) is 24.3. The average Bonchev–Trinajstić information content (AvgIpc) is 2.92. The number of ether oxygens (including phenoxy) is 2. The molecule has 126 valence electrons. The standard InChI is InChI=1S/C17H24N2O4/c1-5-22-14(20)12-10-18-11-17(12,13-8-6-7-9-19-13)15(21)23-16(2,3)4/h6-9,12,18H,5,10-11H2,1-4H3. The predicted molar refractivity (Wildman–Crippen MR) is 84.8 cm³/mol. The lowest BCUT2D eigenvalue weighted by molar-refractivity contribution is -0.169. The van der Waals surface area contributed by atoms with Gasteiger partial charge in [0.05, 0.1) is 18.2 Å². The van der Waals surface area contributed by atoms with Crippen LogP contribution < -0.4 is 5.32 Å². The van der Waals surface area contributed by atoms with Crippen LogP contribution in [0.15, 0.2) is 24.4 Å². The molecule has 0 aromatic carbocycles. The number of esters is 2. The molecular formula is C17H24N2O4. The third kappa shape index (κ3) is 3.52. The molecule has 6 nitrogen and oxygen atoms in total. The van der Waals surface area contributed by atoms with E-state index < -0.39 is 28.9 Å². The summed E-state index contributed by atoms with van der Waals surface area (Å²) in [5, 5.41) is 3.13. The molecule has 1 fully saturated rings. The predicted octanol–water partition coefficient (Wildman–Crippen LogP) is 1.44. The Balaban J connectivity index is 2.47. The second-order valence-electron chi connectivity index (χ2n) is 6.62. The lowest BCUT2D eigenvalue weighted by Crippen LogP contribution is -2.50. The lowest BCUT2D eigenvalue weighted by Gasteiger charge is -2.33. The molecule has 2 heterocycles. The maximum atomic E-state index is 13.0. The number of nitrogens with one attached hydrogen (secondary N) is 1. The fourth-order valence-electron chi connectivity index (χ4n) is 2.82. The average molecular weight is 320 g/mol. The van der Waals surface area contributed by atoms with Crippen molar-refractivity contribution >= 4 is 11.9 Å². The van der Waals surface area contributed by atoms with Crippen molar-refractivity contribution in [2.24, 2.45) is 5.92 Å². The maximum Gasteiger partial charge on any atom is 0.320 e. The minimum atomic E-state index is -1.17. The van der Waals surface area contributed by atoms with Crippen molar-refractivity contribution in [3.05, 3.63) is 30.1 Å². The maximum absolute atomic E-state index is 13.0. The van der Waals surface area contributed by atoms with Crippen LogP contribution in [0.3, 0.4) is 0 Å². The Morgan fingerprint density at radius 3 is 2.70 bits per heavy atom. The third-order valence-corrected chi connectivity index (χ3v) is 3.80. The number of carbonyl (C=O) groups excluding carboxylic acids is 2. The molecule has 0 radical (unpaired) electrons. The summed E-state index contributed by atoms with van der Waals surface area (Å²) in [5.74, 6) is -1.52. The van der Waals surface area contributed by atoms with Crippen molar-refractivity contribution in [3.63, 3.8) is 0 Å². The van der Waals surface area contributed by atoms with Crippen LogP contribution in [-0.2, 0) is 24.5 Å². The van der Waals surface area contributed by atoms with Gasteiger partial charge in [0.15, 0.2) is 0 Å². The first-order valence-corrected chi connectivity index (χ1v) is 7.83. The number of hydrogen-bond acceptors (Lipinski definition) is 6. The van der Waals surface area contributed by atoms with E-state index in [4.69, 9.17) is 9.47 Å². The number of hydrogen-bond donors (Lipinski definition) is 1. The number of aromatic nitrogens is 1. The van der Waals surface area contributed by atoms with E-state index in [9.17, 15) is 9.59 Å². The minimum absolute atomic E-state index is 0.266. The van der Waals surface area contributed by atoms with Crippen molar-refractivity contribution in [1.82, 2.24) is 10.3 Å². The summed E-state index contributed by atoms with van der Waals surface area (Å²) in [6.07, 6.45) is 1.61. The third-order valence-electron chi connectivity index (χ3n) is 3.80. The number of pyridine rings is 1. The fourth-order valence-corrected chi connectivity index (χ4v) is 2.82. The molecule has 0 saturated carbocycles. The zero-order valence-electron chi connectivity index (χ0n) is 14.1. The van der Waals surface area contributed by atoms with E-state index >= 15 is 0 Å². The van der Waals surface area contributed by atoms with Crippen LogP contribution >= 0.6 is 0 Å². The molecule has 2 atom stereocenters. The Bertz CT molecular complexity index is 568. The molecule has 1 aromatic heterocycles. The highest BCUT2D eigenvalue weighted by Gasteiger charge is 2.57. The van der Waals surface area contributed by atoms with Crippen LogP contribution in [0.2, 0.25) is 0 Å². The monoisotopic (exact) mass is 320 g/mol. The first kappa shape index (κ1) is 17.4. The molecule has 0 spiro atoms. The van der Waals surface area contributed by atoms with Gasteiger partial charge in [0, 0.05) is 19.3 Å². The molecule has 2 unspecified atom stereocenters. The Morgan fingerprint density at radius 1 is 1.39 bits per heavy atom. The van der Waals surface area contributed by atoms with Gasteiger partial charge in [-0.1, -0.05) is 6.07 Å². The molecule has 23 heavy (non-hydrogen) atoms. The van der Waals surface area contributed by atoms with Crippen LogP contribution in [0.5, 0.6) is 0 Å². The van der Waals surface area contributed by atoms with Crippen LogP contribution in [-0.4, -0.2) is 42.2 Å². The van der Waals surface area contributed by atoms with E-state index in [1.807, 2.05) is 0 Å². The molecule has 1 N–H and O–H groups in total. The summed E-state index contributed by atoms with van der Waals surface area (Å²) in [5.41, 5.74) is -1.29. The van der Waals surface area contributed by atoms with Crippen molar-refractivity contribution in [2.75, 3.05) is 19.7 Å². The van der Waals surface area contributed by atoms with E-state index in [1.54, 1.807) is 52.1 Å². The molecule has 0 bridgehead atoms. The van der Waals surface area contributed by atoms with Crippen molar-refractivity contribution < 1.29 is 19.1 Å². The van der Waals surface area contributed by atoms with Gasteiger partial charge in [0.2, 0.25) is 0 Å². The number of rotatable bonds is 4. The van der Waals surface area contributed by atoms with Gasteiger partial charge in [-0.3, -0.25) is 14.6 Å². The molecular weight excluding hydrogens is 296 g/mol. The van der Waals surface area contributed by atoms with Gasteiger partial charge in [0.25, 0.3) is 0 Å². The summed E-state index contributed by atoms with van der Waals surface area (Å²) >= 11 is 0. The summed E-state index contributed by atoms with van der Waals surface area (Å²) in [6.45, 7) is 8.07. The van der Waals surface area contributed by atoms with Gasteiger partial charge in [-0.25, -0.2) is 0 Å². The number of nitrogens with zero attached hydrogens (tertiary/aromatic N) is 1. The van der Waals surface area contributed by atoms with Crippen molar-refractivity contribution in [3.8, 4) is 0 Å². The largest absolute Gasteiger partial charge is 0.466 e. The van der Waals surface area contributed by atoms with Gasteiger partial charge in [-0.05, 0) is 39.8 Å². The molecule has 1 aliphatic rings. The minimum Gasteiger partial charge on any atom is -0.466 e. The Labute approximate surface area is 136 Å². The summed E-state index contributed by atoms with van der Waals surface area (Å²) in [7, 11) is 0. The summed E-state index contributed by atoms with van der Waals surface area (Å²) in [6, 6.07) is 5.33. The van der Waals surface area contributed by atoms with E-state index in [2.05, 4.69) is 10.3 Å². The van der Waals surface area contributed by atoms with Crippen LogP contribution in [0.4, 0.5) is 0 Å². The van der Waals surface area contributed by atoms with E-state index in [0.717, 1.165) is 0 Å². The smallest absolute Gasteiger partial charge is 0.320 e. The lowest BCUT2D eigenvalue weighted by atomic mass is 9.74. The Kier molecular flexibility index (Phi) is 5.04. The first-order chi connectivity index (χ1) is 10.8. The molecule has 6 heteroatoms. The fraction of sp³-hybridized carbons (Fsp3) is 0.588. The van der Waals surface area contributed by atoms with Gasteiger partial charge in [-0.15, -0.1) is 0 Å². The van der Waals surface area contributed by atoms with Gasteiger partial charge < -0.3 is 14.8 Å². The Morgan fingerprint density at radius 2 is 2.13 bits per heavy atom. The summed E-state index contributed by atoms with van der Waals surface area (Å²) < 4.78 is 10.8. The SMILES string of the molecule is CCOC(=O)C1CNCC1(C(=O)OC(C)(C)C)c1ccccn1. The highest BCUT2D eigenvalue weighted by atomic mass is 16.6. The second kappa shape index (κ2) is 6.66. The van der Waals surface area contributed by atoms with E-state index in [-0.39, 0.29) is 6.61 Å². The highest BCUT2D eigenvalue weighted by molar-refractivity contribution is 5.91. The van der Waals surface area contributed by atoms with Gasteiger partial charge >= 0.3 is 11.9 Å². The van der Waals surface area contributed by atoms with E-state index in [1.165, 1.54) is 0 Å². The van der Waals surface area contributed by atoms with Crippen molar-refractivity contribution in [1.29, 1.82) is 0 Å². The van der Waals surface area contributed by atoms with Gasteiger partial charge in [0.1, 0.15) is 11.0 Å². The second-order valence-corrected chi connectivity index (χ2v) is 6.62. The highest BCUT2D eigenvalue weighted by Crippen LogP contribution is 2.38. The summed E-state index contributed by atoms with van der Waals surface area (Å²) in [4.78, 5) is 29.7. The van der Waals surface area contributed by atoms with Crippen LogP contribution in [0.1, 0.15) is 33.4 Å². The number of carbonyl (C=O) groups is 2. The van der Waals surface area contributed by atoms with Crippen LogP contribution in [0.25, 0.3) is 0 Å². The molecule has 0 amide bonds.